The second-order valence-corrected chi connectivity index (χ2v) is 10.1. The van der Waals surface area contributed by atoms with Gasteiger partial charge in [-0.05, 0) is 57.2 Å². The van der Waals surface area contributed by atoms with Gasteiger partial charge in [0.15, 0.2) is 0 Å². The Morgan fingerprint density at radius 3 is 1.92 bits per heavy atom. The summed E-state index contributed by atoms with van der Waals surface area (Å²) in [6, 6.07) is 10.6. The quantitative estimate of drug-likeness (QED) is 0.778. The molecule has 0 saturated heterocycles. The first-order chi connectivity index (χ1) is 11.8. The molecule has 0 radical (unpaired) electrons. The van der Waals surface area contributed by atoms with Crippen LogP contribution in [0.15, 0.2) is 30.3 Å². The Morgan fingerprint density at radius 1 is 0.880 bits per heavy atom. The van der Waals surface area contributed by atoms with Gasteiger partial charge in [-0.2, -0.15) is 17.0 Å². The van der Waals surface area contributed by atoms with Crippen LogP contribution in [-0.2, 0) is 16.8 Å². The summed E-state index contributed by atoms with van der Waals surface area (Å²) < 4.78 is 29.0. The van der Waals surface area contributed by atoms with E-state index in [4.69, 9.17) is 0 Å². The van der Waals surface area contributed by atoms with Gasteiger partial charge in [-0.1, -0.05) is 30.3 Å². The van der Waals surface area contributed by atoms with E-state index in [1.165, 1.54) is 17.1 Å². The minimum atomic E-state index is -3.43. The molecular weight excluding hydrogens is 334 g/mol. The molecule has 6 heteroatoms. The first-order valence-electron chi connectivity index (χ1n) is 9.18. The van der Waals surface area contributed by atoms with E-state index in [-0.39, 0.29) is 6.04 Å². The zero-order valence-electron chi connectivity index (χ0n) is 15.8. The van der Waals surface area contributed by atoms with Crippen LogP contribution in [0.5, 0.6) is 0 Å². The molecule has 1 aromatic rings. The molecule has 0 N–H and O–H groups in total. The molecule has 0 spiro atoms. The third-order valence-electron chi connectivity index (χ3n) is 6.22. The van der Waals surface area contributed by atoms with Crippen molar-refractivity contribution in [3.8, 4) is 0 Å². The standard InChI is InChI=1S/C19H31N3O2S/c1-20(2)18-10-16-12-19(13-17(16)11-18)22(4)25(23,24)21(3)14-15-8-6-5-7-9-15/h5-9,16-19H,10-14H2,1-4H3/t16-,17+,18?,19?. The lowest BCUT2D eigenvalue weighted by Gasteiger charge is -2.30. The van der Waals surface area contributed by atoms with Crippen molar-refractivity contribution in [2.75, 3.05) is 28.2 Å². The van der Waals surface area contributed by atoms with Crippen molar-refractivity contribution < 1.29 is 8.42 Å². The highest BCUT2D eigenvalue weighted by Crippen LogP contribution is 2.47. The Balaban J connectivity index is 1.62. The second-order valence-electron chi connectivity index (χ2n) is 8.00. The van der Waals surface area contributed by atoms with Crippen LogP contribution in [0.4, 0.5) is 0 Å². The summed E-state index contributed by atoms with van der Waals surface area (Å²) in [6.07, 6.45) is 4.43. The fourth-order valence-electron chi connectivity index (χ4n) is 4.60. The second kappa shape index (κ2) is 7.35. The van der Waals surface area contributed by atoms with Crippen LogP contribution in [0, 0.1) is 11.8 Å². The smallest absolute Gasteiger partial charge is 0.282 e. The molecule has 0 bridgehead atoms. The predicted molar refractivity (Wildman–Crippen MR) is 101 cm³/mol. The average molecular weight is 366 g/mol. The van der Waals surface area contributed by atoms with Crippen LogP contribution in [0.25, 0.3) is 0 Å². The highest BCUT2D eigenvalue weighted by molar-refractivity contribution is 7.86. The van der Waals surface area contributed by atoms with Crippen LogP contribution < -0.4 is 0 Å². The third-order valence-corrected chi connectivity index (χ3v) is 8.16. The summed E-state index contributed by atoms with van der Waals surface area (Å²) >= 11 is 0. The molecule has 0 heterocycles. The van der Waals surface area contributed by atoms with Gasteiger partial charge < -0.3 is 4.90 Å². The molecule has 2 fully saturated rings. The summed E-state index contributed by atoms with van der Waals surface area (Å²) in [5, 5.41) is 0. The van der Waals surface area contributed by atoms with Gasteiger partial charge >= 0.3 is 0 Å². The fraction of sp³-hybridized carbons (Fsp3) is 0.684. The molecule has 25 heavy (non-hydrogen) atoms. The molecule has 4 atom stereocenters. The van der Waals surface area contributed by atoms with Crippen molar-refractivity contribution in [3.63, 3.8) is 0 Å². The van der Waals surface area contributed by atoms with Crippen molar-refractivity contribution in [2.24, 2.45) is 11.8 Å². The van der Waals surface area contributed by atoms with E-state index < -0.39 is 10.2 Å². The van der Waals surface area contributed by atoms with E-state index in [0.717, 1.165) is 18.4 Å². The van der Waals surface area contributed by atoms with Crippen LogP contribution in [-0.4, -0.2) is 62.2 Å². The average Bonchev–Trinajstić information content (AvgIpc) is 3.13. The van der Waals surface area contributed by atoms with Crippen molar-refractivity contribution in [3.05, 3.63) is 35.9 Å². The van der Waals surface area contributed by atoms with Gasteiger partial charge in [0.2, 0.25) is 0 Å². The number of rotatable bonds is 6. The van der Waals surface area contributed by atoms with Gasteiger partial charge in [0.05, 0.1) is 0 Å². The highest BCUT2D eigenvalue weighted by Gasteiger charge is 2.45. The molecule has 3 rings (SSSR count). The number of hydrogen-bond acceptors (Lipinski definition) is 3. The van der Waals surface area contributed by atoms with Crippen molar-refractivity contribution in [1.29, 1.82) is 0 Å². The fourth-order valence-corrected chi connectivity index (χ4v) is 5.90. The van der Waals surface area contributed by atoms with Crippen LogP contribution in [0.1, 0.15) is 31.2 Å². The van der Waals surface area contributed by atoms with Gasteiger partial charge in [-0.25, -0.2) is 0 Å². The van der Waals surface area contributed by atoms with Gasteiger partial charge in [0, 0.05) is 32.7 Å². The molecule has 0 amide bonds. The van der Waals surface area contributed by atoms with E-state index in [9.17, 15) is 8.42 Å². The van der Waals surface area contributed by atoms with Crippen LogP contribution in [0.2, 0.25) is 0 Å². The Hall–Kier alpha value is -0.950. The minimum Gasteiger partial charge on any atom is -0.306 e. The maximum atomic E-state index is 13.0. The summed E-state index contributed by atoms with van der Waals surface area (Å²) in [6.45, 7) is 0.412. The monoisotopic (exact) mass is 365 g/mol. The van der Waals surface area contributed by atoms with Crippen molar-refractivity contribution in [1.82, 2.24) is 13.5 Å². The summed E-state index contributed by atoms with van der Waals surface area (Å²) in [5.41, 5.74) is 1.01. The molecule has 1 aromatic carbocycles. The highest BCUT2D eigenvalue weighted by atomic mass is 32.2. The normalized spacial score (nSPS) is 29.7. The van der Waals surface area contributed by atoms with E-state index in [1.807, 2.05) is 30.3 Å². The molecule has 0 aliphatic heterocycles. The largest absolute Gasteiger partial charge is 0.306 e. The molecule has 5 nitrogen and oxygen atoms in total. The maximum Gasteiger partial charge on any atom is 0.282 e. The first kappa shape index (κ1) is 18.8. The number of nitrogens with zero attached hydrogens (tertiary/aromatic N) is 3. The topological polar surface area (TPSA) is 43.9 Å². The molecule has 2 saturated carbocycles. The van der Waals surface area contributed by atoms with Gasteiger partial charge in [-0.3, -0.25) is 0 Å². The summed E-state index contributed by atoms with van der Waals surface area (Å²) in [4.78, 5) is 2.32. The Morgan fingerprint density at radius 2 is 1.40 bits per heavy atom. The van der Waals surface area contributed by atoms with E-state index in [1.54, 1.807) is 18.4 Å². The number of hydrogen-bond donors (Lipinski definition) is 0. The lowest BCUT2D eigenvalue weighted by molar-refractivity contribution is 0.264. The summed E-state index contributed by atoms with van der Waals surface area (Å²) in [7, 11) is 4.31. The lowest BCUT2D eigenvalue weighted by atomic mass is 10.0. The number of benzene rings is 1. The van der Waals surface area contributed by atoms with Crippen LogP contribution >= 0.6 is 0 Å². The molecule has 2 aliphatic rings. The molecule has 2 aliphatic carbocycles. The van der Waals surface area contributed by atoms with Gasteiger partial charge in [0.1, 0.15) is 0 Å². The zero-order chi connectivity index (χ0) is 18.2. The zero-order valence-corrected chi connectivity index (χ0v) is 16.6. The van der Waals surface area contributed by atoms with Gasteiger partial charge in [-0.15, -0.1) is 0 Å². The summed E-state index contributed by atoms with van der Waals surface area (Å²) in [5.74, 6) is 1.35. The number of fused-ring (bicyclic) bond motifs is 1. The minimum absolute atomic E-state index is 0.140. The molecule has 2 unspecified atom stereocenters. The Bertz CT molecular complexity index is 663. The molecule has 140 valence electrons. The first-order valence-corrected chi connectivity index (χ1v) is 10.6. The predicted octanol–water partition coefficient (Wildman–Crippen LogP) is 2.41. The molecular formula is C19H31N3O2S. The lowest BCUT2D eigenvalue weighted by Crippen LogP contribution is -2.44. The van der Waals surface area contributed by atoms with E-state index in [0.29, 0.717) is 24.4 Å². The van der Waals surface area contributed by atoms with Crippen molar-refractivity contribution in [2.45, 2.75) is 44.3 Å². The Kier molecular flexibility index (Phi) is 5.54. The SMILES string of the molecule is CN(C)C1C[C@@H]2CC(N(C)S(=O)(=O)N(C)Cc3ccccc3)C[C@@H]2C1. The van der Waals surface area contributed by atoms with E-state index >= 15 is 0 Å². The van der Waals surface area contributed by atoms with Crippen LogP contribution in [0.3, 0.4) is 0 Å². The van der Waals surface area contributed by atoms with Gasteiger partial charge in [0.25, 0.3) is 10.2 Å². The van der Waals surface area contributed by atoms with E-state index in [2.05, 4.69) is 19.0 Å². The van der Waals surface area contributed by atoms with Crippen molar-refractivity contribution >= 4 is 10.2 Å². The third kappa shape index (κ3) is 3.92. The Labute approximate surface area is 152 Å². The maximum absolute atomic E-state index is 13.0. The molecule has 0 aromatic heterocycles.